The molecule has 132 valence electrons. The Morgan fingerprint density at radius 2 is 1.85 bits per heavy atom. The van der Waals surface area contributed by atoms with Gasteiger partial charge >= 0.3 is 0 Å². The number of carbonyl (C=O) groups excluding carboxylic acids is 2. The molecule has 2 amide bonds. The number of benzene rings is 1. The third kappa shape index (κ3) is 4.73. The quantitative estimate of drug-likeness (QED) is 0.702. The second kappa shape index (κ2) is 8.35. The lowest BCUT2D eigenvalue weighted by Crippen LogP contribution is -2.28. The van der Waals surface area contributed by atoms with E-state index in [1.165, 1.54) is 11.3 Å². The fourth-order valence-corrected chi connectivity index (χ4v) is 3.10. The van der Waals surface area contributed by atoms with Gasteiger partial charge in [-0.15, -0.1) is 11.3 Å². The average molecular weight is 366 g/mol. The summed E-state index contributed by atoms with van der Waals surface area (Å²) in [5.74, 6) is -0.345. The summed E-state index contributed by atoms with van der Waals surface area (Å²) in [6, 6.07) is 12.5. The number of carbonyl (C=O) groups is 2. The van der Waals surface area contributed by atoms with E-state index in [-0.39, 0.29) is 24.3 Å². The number of nitrogens with zero attached hydrogens (tertiary/aromatic N) is 2. The SMILES string of the molecule is CC(NC(=O)Cc1csc(NC(=O)c2ccccc2)n1)c1ccncc1. The minimum Gasteiger partial charge on any atom is -0.349 e. The molecular formula is C19H18N4O2S. The van der Waals surface area contributed by atoms with Gasteiger partial charge in [0, 0.05) is 23.3 Å². The Bertz CT molecular complexity index is 881. The van der Waals surface area contributed by atoms with Crippen molar-refractivity contribution in [3.63, 3.8) is 0 Å². The lowest BCUT2D eigenvalue weighted by molar-refractivity contribution is -0.121. The van der Waals surface area contributed by atoms with Crippen molar-refractivity contribution in [2.75, 3.05) is 5.32 Å². The number of nitrogens with one attached hydrogen (secondary N) is 2. The predicted molar refractivity (Wildman–Crippen MR) is 101 cm³/mol. The molecule has 7 heteroatoms. The second-order valence-electron chi connectivity index (χ2n) is 5.71. The summed E-state index contributed by atoms with van der Waals surface area (Å²) in [4.78, 5) is 32.6. The molecule has 2 N–H and O–H groups in total. The summed E-state index contributed by atoms with van der Waals surface area (Å²) in [7, 11) is 0. The zero-order valence-electron chi connectivity index (χ0n) is 14.2. The summed E-state index contributed by atoms with van der Waals surface area (Å²) in [6.45, 7) is 1.92. The summed E-state index contributed by atoms with van der Waals surface area (Å²) in [5.41, 5.74) is 2.17. The number of thiazole rings is 1. The molecule has 0 aliphatic carbocycles. The van der Waals surface area contributed by atoms with Gasteiger partial charge in [0.2, 0.25) is 5.91 Å². The number of aromatic nitrogens is 2. The second-order valence-corrected chi connectivity index (χ2v) is 6.57. The summed E-state index contributed by atoms with van der Waals surface area (Å²) in [5, 5.41) is 7.93. The van der Waals surface area contributed by atoms with Crippen LogP contribution < -0.4 is 10.6 Å². The minimum absolute atomic E-state index is 0.110. The highest BCUT2D eigenvalue weighted by atomic mass is 32.1. The van der Waals surface area contributed by atoms with Crippen molar-refractivity contribution < 1.29 is 9.59 Å². The highest BCUT2D eigenvalue weighted by Gasteiger charge is 2.13. The smallest absolute Gasteiger partial charge is 0.257 e. The first-order chi connectivity index (χ1) is 12.6. The normalized spacial score (nSPS) is 11.6. The van der Waals surface area contributed by atoms with E-state index < -0.39 is 0 Å². The number of amides is 2. The number of anilines is 1. The van der Waals surface area contributed by atoms with Crippen molar-refractivity contribution in [3.05, 3.63) is 77.1 Å². The molecule has 6 nitrogen and oxygen atoms in total. The van der Waals surface area contributed by atoms with Crippen LogP contribution in [0.3, 0.4) is 0 Å². The highest BCUT2D eigenvalue weighted by Crippen LogP contribution is 2.17. The van der Waals surface area contributed by atoms with Crippen LogP contribution >= 0.6 is 11.3 Å². The Balaban J connectivity index is 1.55. The number of hydrogen-bond acceptors (Lipinski definition) is 5. The monoisotopic (exact) mass is 366 g/mol. The van der Waals surface area contributed by atoms with Gasteiger partial charge in [-0.25, -0.2) is 4.98 Å². The van der Waals surface area contributed by atoms with Crippen molar-refractivity contribution >= 4 is 28.3 Å². The summed E-state index contributed by atoms with van der Waals surface area (Å²) < 4.78 is 0. The van der Waals surface area contributed by atoms with Gasteiger partial charge in [0.05, 0.1) is 18.2 Å². The number of hydrogen-bond donors (Lipinski definition) is 2. The molecule has 1 unspecified atom stereocenters. The van der Waals surface area contributed by atoms with Crippen LogP contribution in [0.25, 0.3) is 0 Å². The van der Waals surface area contributed by atoms with Crippen molar-refractivity contribution in [3.8, 4) is 0 Å². The predicted octanol–water partition coefficient (Wildman–Crippen LogP) is 3.21. The van der Waals surface area contributed by atoms with Crippen LogP contribution in [0.1, 0.15) is 34.6 Å². The fraction of sp³-hybridized carbons (Fsp3) is 0.158. The molecule has 0 radical (unpaired) electrons. The zero-order chi connectivity index (χ0) is 18.4. The van der Waals surface area contributed by atoms with Gasteiger partial charge < -0.3 is 5.32 Å². The van der Waals surface area contributed by atoms with Gasteiger partial charge in [0.15, 0.2) is 5.13 Å². The van der Waals surface area contributed by atoms with Gasteiger partial charge in [0.1, 0.15) is 0 Å². The van der Waals surface area contributed by atoms with Crippen LogP contribution in [-0.2, 0) is 11.2 Å². The van der Waals surface area contributed by atoms with Crippen LogP contribution in [-0.4, -0.2) is 21.8 Å². The molecular weight excluding hydrogens is 348 g/mol. The van der Waals surface area contributed by atoms with Gasteiger partial charge in [-0.3, -0.25) is 19.9 Å². The molecule has 0 saturated carbocycles. The largest absolute Gasteiger partial charge is 0.349 e. The lowest BCUT2D eigenvalue weighted by atomic mass is 10.1. The molecule has 0 saturated heterocycles. The molecule has 3 rings (SSSR count). The fourth-order valence-electron chi connectivity index (χ4n) is 2.40. The van der Waals surface area contributed by atoms with E-state index in [0.717, 1.165) is 5.56 Å². The van der Waals surface area contributed by atoms with E-state index in [1.54, 1.807) is 42.0 Å². The molecule has 1 aromatic carbocycles. The maximum atomic E-state index is 12.2. The van der Waals surface area contributed by atoms with E-state index in [1.807, 2.05) is 25.1 Å². The third-order valence-electron chi connectivity index (χ3n) is 3.73. The van der Waals surface area contributed by atoms with Crippen molar-refractivity contribution in [1.82, 2.24) is 15.3 Å². The first kappa shape index (κ1) is 17.8. The molecule has 0 bridgehead atoms. The van der Waals surface area contributed by atoms with Crippen molar-refractivity contribution in [1.29, 1.82) is 0 Å². The van der Waals surface area contributed by atoms with Gasteiger partial charge in [-0.1, -0.05) is 18.2 Å². The summed E-state index contributed by atoms with van der Waals surface area (Å²) >= 11 is 1.30. The Morgan fingerprint density at radius 1 is 1.12 bits per heavy atom. The minimum atomic E-state index is -0.220. The first-order valence-corrected chi connectivity index (χ1v) is 9.00. The Hall–Kier alpha value is -3.06. The van der Waals surface area contributed by atoms with E-state index in [4.69, 9.17) is 0 Å². The van der Waals surface area contributed by atoms with E-state index in [0.29, 0.717) is 16.4 Å². The van der Waals surface area contributed by atoms with Crippen LogP contribution in [0, 0.1) is 0 Å². The summed E-state index contributed by atoms with van der Waals surface area (Å²) in [6.07, 6.45) is 3.55. The van der Waals surface area contributed by atoms with Crippen LogP contribution in [0.2, 0.25) is 0 Å². The van der Waals surface area contributed by atoms with Gasteiger partial charge in [0.25, 0.3) is 5.91 Å². The number of rotatable bonds is 6. The maximum absolute atomic E-state index is 12.2. The molecule has 0 spiro atoms. The van der Waals surface area contributed by atoms with E-state index >= 15 is 0 Å². The van der Waals surface area contributed by atoms with Crippen LogP contribution in [0.5, 0.6) is 0 Å². The van der Waals surface area contributed by atoms with Crippen LogP contribution in [0.4, 0.5) is 5.13 Å². The standard InChI is InChI=1S/C19H18N4O2S/c1-13(14-7-9-20-10-8-14)21-17(24)11-16-12-26-19(22-16)23-18(25)15-5-3-2-4-6-15/h2-10,12-13H,11H2,1H3,(H,21,24)(H,22,23,25). The Morgan fingerprint density at radius 3 is 2.58 bits per heavy atom. The molecule has 0 aliphatic rings. The number of pyridine rings is 1. The molecule has 2 aromatic heterocycles. The molecule has 3 aromatic rings. The topological polar surface area (TPSA) is 84.0 Å². The van der Waals surface area contributed by atoms with E-state index in [9.17, 15) is 9.59 Å². The molecule has 2 heterocycles. The maximum Gasteiger partial charge on any atom is 0.257 e. The van der Waals surface area contributed by atoms with Crippen LogP contribution in [0.15, 0.2) is 60.2 Å². The van der Waals surface area contributed by atoms with Gasteiger partial charge in [-0.05, 0) is 36.8 Å². The molecule has 1 atom stereocenters. The third-order valence-corrected chi connectivity index (χ3v) is 4.54. The Labute approximate surface area is 155 Å². The Kier molecular flexibility index (Phi) is 5.70. The molecule has 0 fully saturated rings. The van der Waals surface area contributed by atoms with Crippen molar-refractivity contribution in [2.24, 2.45) is 0 Å². The first-order valence-electron chi connectivity index (χ1n) is 8.12. The molecule has 0 aliphatic heterocycles. The van der Waals surface area contributed by atoms with E-state index in [2.05, 4.69) is 20.6 Å². The molecule has 26 heavy (non-hydrogen) atoms. The van der Waals surface area contributed by atoms with Crippen molar-refractivity contribution in [2.45, 2.75) is 19.4 Å². The van der Waals surface area contributed by atoms with Gasteiger partial charge in [-0.2, -0.15) is 0 Å². The lowest BCUT2D eigenvalue weighted by Gasteiger charge is -2.13. The average Bonchev–Trinajstić information content (AvgIpc) is 3.09. The highest BCUT2D eigenvalue weighted by molar-refractivity contribution is 7.14. The zero-order valence-corrected chi connectivity index (χ0v) is 15.0.